The van der Waals surface area contributed by atoms with Crippen LogP contribution in [0.4, 0.5) is 0 Å². The SMILES string of the molecule is Cc1cccc(CNC(=O)c2nn(C)c3c2CNCC3)c1. The van der Waals surface area contributed by atoms with E-state index in [0.29, 0.717) is 12.2 Å². The summed E-state index contributed by atoms with van der Waals surface area (Å²) in [4.78, 5) is 12.4. The van der Waals surface area contributed by atoms with E-state index in [4.69, 9.17) is 0 Å². The number of carbonyl (C=O) groups is 1. The van der Waals surface area contributed by atoms with Crippen LogP contribution in [0.25, 0.3) is 0 Å². The third-order valence-corrected chi connectivity index (χ3v) is 3.87. The van der Waals surface area contributed by atoms with E-state index in [0.717, 1.165) is 36.3 Å². The molecule has 0 bridgehead atoms. The molecule has 21 heavy (non-hydrogen) atoms. The summed E-state index contributed by atoms with van der Waals surface area (Å²) in [6.07, 6.45) is 0.921. The molecule has 0 atom stereocenters. The fraction of sp³-hybridized carbons (Fsp3) is 0.375. The normalized spacial score (nSPS) is 13.8. The van der Waals surface area contributed by atoms with Crippen molar-refractivity contribution in [2.24, 2.45) is 7.05 Å². The van der Waals surface area contributed by atoms with Crippen molar-refractivity contribution in [3.05, 3.63) is 52.3 Å². The van der Waals surface area contributed by atoms with Gasteiger partial charge in [-0.2, -0.15) is 5.10 Å². The fourth-order valence-electron chi connectivity index (χ4n) is 2.79. The van der Waals surface area contributed by atoms with E-state index in [-0.39, 0.29) is 5.91 Å². The van der Waals surface area contributed by atoms with Gasteiger partial charge in [-0.05, 0) is 12.5 Å². The molecule has 5 heteroatoms. The fourth-order valence-corrected chi connectivity index (χ4v) is 2.79. The molecule has 2 heterocycles. The Hall–Kier alpha value is -2.14. The first-order valence-electron chi connectivity index (χ1n) is 7.24. The maximum atomic E-state index is 12.4. The first-order chi connectivity index (χ1) is 10.1. The Bertz CT molecular complexity index is 675. The number of benzene rings is 1. The molecule has 1 aromatic heterocycles. The molecule has 3 rings (SSSR count). The summed E-state index contributed by atoms with van der Waals surface area (Å²) >= 11 is 0. The molecular formula is C16H20N4O. The lowest BCUT2D eigenvalue weighted by Gasteiger charge is -2.14. The van der Waals surface area contributed by atoms with Gasteiger partial charge in [-0.15, -0.1) is 0 Å². The van der Waals surface area contributed by atoms with E-state index < -0.39 is 0 Å². The van der Waals surface area contributed by atoms with Gasteiger partial charge < -0.3 is 10.6 Å². The van der Waals surface area contributed by atoms with Crippen LogP contribution >= 0.6 is 0 Å². The second-order valence-electron chi connectivity index (χ2n) is 5.50. The monoisotopic (exact) mass is 284 g/mol. The predicted octanol–water partition coefficient (Wildman–Crippen LogP) is 1.30. The highest BCUT2D eigenvalue weighted by Gasteiger charge is 2.23. The summed E-state index contributed by atoms with van der Waals surface area (Å²) in [5.41, 5.74) is 5.04. The molecule has 0 unspecified atom stereocenters. The first-order valence-corrected chi connectivity index (χ1v) is 7.24. The quantitative estimate of drug-likeness (QED) is 0.893. The van der Waals surface area contributed by atoms with Crippen molar-refractivity contribution < 1.29 is 4.79 Å². The summed E-state index contributed by atoms with van der Waals surface area (Å²) in [5, 5.41) is 10.6. The average molecular weight is 284 g/mol. The maximum Gasteiger partial charge on any atom is 0.272 e. The Morgan fingerprint density at radius 3 is 3.14 bits per heavy atom. The Morgan fingerprint density at radius 1 is 1.48 bits per heavy atom. The summed E-state index contributed by atoms with van der Waals surface area (Å²) in [5.74, 6) is -0.0999. The van der Waals surface area contributed by atoms with Crippen molar-refractivity contribution >= 4 is 5.91 Å². The number of nitrogens with one attached hydrogen (secondary N) is 2. The van der Waals surface area contributed by atoms with Gasteiger partial charge in [-0.1, -0.05) is 29.8 Å². The Labute approximate surface area is 124 Å². The molecule has 2 aromatic rings. The summed E-state index contributed by atoms with van der Waals surface area (Å²) in [7, 11) is 1.90. The first kappa shape index (κ1) is 13.8. The highest BCUT2D eigenvalue weighted by Crippen LogP contribution is 2.17. The van der Waals surface area contributed by atoms with Gasteiger partial charge in [0.15, 0.2) is 5.69 Å². The van der Waals surface area contributed by atoms with Crippen molar-refractivity contribution in [2.75, 3.05) is 6.54 Å². The summed E-state index contributed by atoms with van der Waals surface area (Å²) in [6, 6.07) is 8.15. The Kier molecular flexibility index (Phi) is 3.75. The number of aromatic nitrogens is 2. The van der Waals surface area contributed by atoms with Crippen molar-refractivity contribution in [1.82, 2.24) is 20.4 Å². The van der Waals surface area contributed by atoms with Crippen molar-refractivity contribution in [2.45, 2.75) is 26.4 Å². The van der Waals surface area contributed by atoms with Gasteiger partial charge in [-0.25, -0.2) is 0 Å². The van der Waals surface area contributed by atoms with Crippen LogP contribution in [0.1, 0.15) is 32.9 Å². The molecular weight excluding hydrogens is 264 g/mol. The summed E-state index contributed by atoms with van der Waals surface area (Å²) in [6.45, 7) is 4.23. The van der Waals surface area contributed by atoms with Gasteiger partial charge in [0.2, 0.25) is 0 Å². The van der Waals surface area contributed by atoms with Gasteiger partial charge >= 0.3 is 0 Å². The van der Waals surface area contributed by atoms with Crippen LogP contribution < -0.4 is 10.6 Å². The van der Waals surface area contributed by atoms with E-state index in [1.165, 1.54) is 5.56 Å². The van der Waals surface area contributed by atoms with Gasteiger partial charge in [0.05, 0.1) is 0 Å². The third kappa shape index (κ3) is 2.83. The second-order valence-corrected chi connectivity index (χ2v) is 5.50. The molecule has 110 valence electrons. The second kappa shape index (κ2) is 5.69. The van der Waals surface area contributed by atoms with E-state index in [1.807, 2.05) is 36.9 Å². The number of fused-ring (bicyclic) bond motifs is 1. The zero-order valence-electron chi connectivity index (χ0n) is 12.4. The van der Waals surface area contributed by atoms with Crippen LogP contribution in [0, 0.1) is 6.92 Å². The van der Waals surface area contributed by atoms with Crippen LogP contribution in [0.2, 0.25) is 0 Å². The standard InChI is InChI=1S/C16H20N4O/c1-11-4-3-5-12(8-11)9-18-16(21)15-13-10-17-7-6-14(13)20(2)19-15/h3-5,8,17H,6-7,9-10H2,1-2H3,(H,18,21). The highest BCUT2D eigenvalue weighted by molar-refractivity contribution is 5.94. The van der Waals surface area contributed by atoms with Crippen LogP contribution in [-0.4, -0.2) is 22.2 Å². The zero-order chi connectivity index (χ0) is 14.8. The van der Waals surface area contributed by atoms with Gasteiger partial charge in [-0.3, -0.25) is 9.48 Å². The lowest BCUT2D eigenvalue weighted by Crippen LogP contribution is -2.28. The van der Waals surface area contributed by atoms with Gasteiger partial charge in [0.1, 0.15) is 0 Å². The molecule has 0 aliphatic carbocycles. The number of carbonyl (C=O) groups excluding carboxylic acids is 1. The maximum absolute atomic E-state index is 12.4. The smallest absolute Gasteiger partial charge is 0.272 e. The van der Waals surface area contributed by atoms with E-state index >= 15 is 0 Å². The number of rotatable bonds is 3. The van der Waals surface area contributed by atoms with E-state index in [1.54, 1.807) is 0 Å². The minimum Gasteiger partial charge on any atom is -0.347 e. The molecule has 1 aromatic carbocycles. The lowest BCUT2D eigenvalue weighted by atomic mass is 10.1. The molecule has 5 nitrogen and oxygen atoms in total. The topological polar surface area (TPSA) is 59.0 Å². The van der Waals surface area contributed by atoms with Crippen molar-refractivity contribution in [3.63, 3.8) is 0 Å². The molecule has 0 radical (unpaired) electrons. The number of amides is 1. The molecule has 1 aliphatic rings. The van der Waals surface area contributed by atoms with Crippen LogP contribution in [0.3, 0.4) is 0 Å². The largest absolute Gasteiger partial charge is 0.347 e. The van der Waals surface area contributed by atoms with Gasteiger partial charge in [0.25, 0.3) is 5.91 Å². The number of nitrogens with zero attached hydrogens (tertiary/aromatic N) is 2. The third-order valence-electron chi connectivity index (χ3n) is 3.87. The van der Waals surface area contributed by atoms with Crippen LogP contribution in [0.5, 0.6) is 0 Å². The van der Waals surface area contributed by atoms with E-state index in [2.05, 4.69) is 21.8 Å². The van der Waals surface area contributed by atoms with Gasteiger partial charge in [0, 0.05) is 44.4 Å². The Morgan fingerprint density at radius 2 is 2.33 bits per heavy atom. The molecule has 1 amide bonds. The minimum atomic E-state index is -0.0999. The number of aryl methyl sites for hydroxylation is 2. The Balaban J connectivity index is 1.74. The van der Waals surface area contributed by atoms with Crippen molar-refractivity contribution in [3.8, 4) is 0 Å². The number of hydrogen-bond acceptors (Lipinski definition) is 3. The average Bonchev–Trinajstić information content (AvgIpc) is 2.83. The molecule has 0 saturated carbocycles. The molecule has 0 spiro atoms. The summed E-state index contributed by atoms with van der Waals surface area (Å²) < 4.78 is 1.83. The molecule has 1 aliphatic heterocycles. The lowest BCUT2D eigenvalue weighted by molar-refractivity contribution is 0.0944. The van der Waals surface area contributed by atoms with Crippen LogP contribution in [0.15, 0.2) is 24.3 Å². The molecule has 2 N–H and O–H groups in total. The number of hydrogen-bond donors (Lipinski definition) is 2. The van der Waals surface area contributed by atoms with Crippen molar-refractivity contribution in [1.29, 1.82) is 0 Å². The highest BCUT2D eigenvalue weighted by atomic mass is 16.1. The predicted molar refractivity (Wildman–Crippen MR) is 81.0 cm³/mol. The van der Waals surface area contributed by atoms with Crippen LogP contribution in [-0.2, 0) is 26.6 Å². The minimum absolute atomic E-state index is 0.0999. The molecule has 0 fully saturated rings. The molecule has 0 saturated heterocycles. The zero-order valence-corrected chi connectivity index (χ0v) is 12.4. The van der Waals surface area contributed by atoms with E-state index in [9.17, 15) is 4.79 Å².